The Morgan fingerprint density at radius 3 is 1.45 bits per heavy atom. The highest BCUT2D eigenvalue weighted by Gasteiger charge is 2.49. The fourth-order valence-electron chi connectivity index (χ4n) is 1.63. The second-order valence-electron chi connectivity index (χ2n) is 5.13. The molecule has 22 heavy (non-hydrogen) atoms. The lowest BCUT2D eigenvalue weighted by atomic mass is 10.1. The van der Waals surface area contributed by atoms with E-state index in [9.17, 15) is 9.59 Å². The SMILES string of the molecule is C=C(C)O[Si](CCC(=O)C(=O)C(=C)C)(OC(=C)C)OC(=C)C. The maximum atomic E-state index is 11.9. The van der Waals surface area contributed by atoms with E-state index in [-0.39, 0.29) is 18.0 Å². The Balaban J connectivity index is 5.26. The topological polar surface area (TPSA) is 61.8 Å². The van der Waals surface area contributed by atoms with E-state index in [1.54, 1.807) is 20.8 Å². The fourth-order valence-corrected chi connectivity index (χ4v) is 4.19. The van der Waals surface area contributed by atoms with Crippen molar-refractivity contribution in [1.29, 1.82) is 0 Å². The van der Waals surface area contributed by atoms with Crippen LogP contribution in [0.4, 0.5) is 0 Å². The van der Waals surface area contributed by atoms with E-state index in [1.165, 1.54) is 6.92 Å². The highest BCUT2D eigenvalue weighted by Crippen LogP contribution is 2.26. The Bertz CT molecular complexity index is 478. The van der Waals surface area contributed by atoms with E-state index >= 15 is 0 Å². The summed E-state index contributed by atoms with van der Waals surface area (Å²) in [5.74, 6) is -0.0253. The van der Waals surface area contributed by atoms with E-state index in [0.29, 0.717) is 17.3 Å². The highest BCUT2D eigenvalue weighted by molar-refractivity contribution is 6.62. The van der Waals surface area contributed by atoms with Crippen molar-refractivity contribution >= 4 is 20.4 Å². The van der Waals surface area contributed by atoms with Gasteiger partial charge in [0.2, 0.25) is 11.6 Å². The van der Waals surface area contributed by atoms with E-state index < -0.39 is 20.4 Å². The summed E-state index contributed by atoms with van der Waals surface area (Å²) in [4.78, 5) is 23.5. The monoisotopic (exact) mass is 324 g/mol. The number of rotatable bonds is 11. The first-order valence-corrected chi connectivity index (χ1v) is 8.69. The number of carbonyl (C=O) groups is 2. The lowest BCUT2D eigenvalue weighted by molar-refractivity contribution is -0.134. The van der Waals surface area contributed by atoms with Gasteiger partial charge in [-0.1, -0.05) is 26.3 Å². The van der Waals surface area contributed by atoms with Gasteiger partial charge in [-0.25, -0.2) is 0 Å². The number of carbonyl (C=O) groups excluding carboxylic acids is 2. The van der Waals surface area contributed by atoms with Crippen LogP contribution in [-0.4, -0.2) is 20.4 Å². The zero-order chi connectivity index (χ0) is 17.5. The molecule has 0 aliphatic carbocycles. The molecule has 0 radical (unpaired) electrons. The second kappa shape index (κ2) is 8.38. The number of allylic oxidation sites excluding steroid dienone is 4. The molecule has 0 rings (SSSR count). The summed E-state index contributed by atoms with van der Waals surface area (Å²) < 4.78 is 16.9. The van der Waals surface area contributed by atoms with Crippen LogP contribution in [0.5, 0.6) is 0 Å². The van der Waals surface area contributed by atoms with Gasteiger partial charge in [0.05, 0.1) is 23.3 Å². The maximum absolute atomic E-state index is 11.9. The van der Waals surface area contributed by atoms with Crippen molar-refractivity contribution in [2.24, 2.45) is 0 Å². The van der Waals surface area contributed by atoms with Crippen LogP contribution in [-0.2, 0) is 22.9 Å². The van der Waals surface area contributed by atoms with E-state index in [4.69, 9.17) is 13.3 Å². The highest BCUT2D eigenvalue weighted by atomic mass is 28.4. The molecule has 0 N–H and O–H groups in total. The summed E-state index contributed by atoms with van der Waals surface area (Å²) in [6.07, 6.45) is -0.0776. The molecule has 0 amide bonds. The van der Waals surface area contributed by atoms with Crippen LogP contribution in [0.2, 0.25) is 6.04 Å². The van der Waals surface area contributed by atoms with Crippen LogP contribution >= 0.6 is 0 Å². The minimum atomic E-state index is -3.33. The van der Waals surface area contributed by atoms with Crippen LogP contribution in [0.15, 0.2) is 49.2 Å². The van der Waals surface area contributed by atoms with Crippen LogP contribution in [0, 0.1) is 0 Å². The van der Waals surface area contributed by atoms with Gasteiger partial charge in [0.25, 0.3) is 0 Å². The minimum absolute atomic E-state index is 0.0776. The Kier molecular flexibility index (Phi) is 7.59. The third-order valence-electron chi connectivity index (χ3n) is 2.29. The molecule has 0 aromatic carbocycles. The van der Waals surface area contributed by atoms with Crippen molar-refractivity contribution in [3.8, 4) is 0 Å². The molecule has 0 heterocycles. The standard InChI is InChI=1S/C16H24O5Si/c1-11(2)16(18)15(17)9-10-22(19-12(3)4,20-13(5)6)21-14(7)8/h1,3,5,7,9-10H2,2,4,6,8H3. The van der Waals surface area contributed by atoms with Crippen LogP contribution in [0.25, 0.3) is 0 Å². The van der Waals surface area contributed by atoms with Gasteiger partial charge < -0.3 is 13.3 Å². The molecule has 0 spiro atoms. The summed E-state index contributed by atoms with van der Waals surface area (Å²) in [5.41, 5.74) is 0.194. The molecule has 0 unspecified atom stereocenters. The zero-order valence-electron chi connectivity index (χ0n) is 13.8. The van der Waals surface area contributed by atoms with Crippen molar-refractivity contribution in [3.63, 3.8) is 0 Å². The first-order chi connectivity index (χ1) is 9.99. The van der Waals surface area contributed by atoms with Gasteiger partial charge >= 0.3 is 8.80 Å². The Labute approximate surface area is 133 Å². The van der Waals surface area contributed by atoms with Gasteiger partial charge in [-0.05, 0) is 33.3 Å². The van der Waals surface area contributed by atoms with Gasteiger partial charge in [0.1, 0.15) is 0 Å². The minimum Gasteiger partial charge on any atom is -0.488 e. The van der Waals surface area contributed by atoms with Gasteiger partial charge in [0.15, 0.2) is 0 Å². The molecular formula is C16H24O5Si. The molecule has 0 aromatic heterocycles. The quantitative estimate of drug-likeness (QED) is 0.251. The first-order valence-electron chi connectivity index (χ1n) is 6.75. The maximum Gasteiger partial charge on any atom is 0.698 e. The van der Waals surface area contributed by atoms with Crippen LogP contribution < -0.4 is 0 Å². The van der Waals surface area contributed by atoms with Crippen LogP contribution in [0.1, 0.15) is 34.1 Å². The number of hydrogen-bond donors (Lipinski definition) is 0. The van der Waals surface area contributed by atoms with Crippen molar-refractivity contribution in [2.75, 3.05) is 0 Å². The largest absolute Gasteiger partial charge is 0.698 e. The number of ketones is 2. The normalized spacial score (nSPS) is 10.4. The zero-order valence-corrected chi connectivity index (χ0v) is 14.8. The lowest BCUT2D eigenvalue weighted by Crippen LogP contribution is -2.45. The number of Topliss-reactive ketones (excluding diaryl/α,β-unsaturated/α-hetero) is 2. The first kappa shape index (κ1) is 19.9. The predicted octanol–water partition coefficient (Wildman–Crippen LogP) is 3.68. The Morgan fingerprint density at radius 1 is 0.818 bits per heavy atom. The van der Waals surface area contributed by atoms with E-state index in [0.717, 1.165) is 0 Å². The molecule has 0 aliphatic heterocycles. The third-order valence-corrected chi connectivity index (χ3v) is 5.13. The third kappa shape index (κ3) is 7.08. The molecule has 0 bridgehead atoms. The fraction of sp³-hybridized carbons (Fsp3) is 0.375. The Morgan fingerprint density at radius 2 is 1.18 bits per heavy atom. The predicted molar refractivity (Wildman–Crippen MR) is 87.7 cm³/mol. The average Bonchev–Trinajstić information content (AvgIpc) is 2.32. The van der Waals surface area contributed by atoms with E-state index in [2.05, 4.69) is 26.3 Å². The van der Waals surface area contributed by atoms with Gasteiger partial charge in [-0.15, -0.1) is 0 Å². The molecular weight excluding hydrogens is 300 g/mol. The molecule has 0 saturated carbocycles. The molecule has 0 fully saturated rings. The summed E-state index contributed by atoms with van der Waals surface area (Å²) in [6, 6.07) is 0.109. The lowest BCUT2D eigenvalue weighted by Gasteiger charge is -2.30. The van der Waals surface area contributed by atoms with Crippen molar-refractivity contribution in [1.82, 2.24) is 0 Å². The summed E-state index contributed by atoms with van der Waals surface area (Å²) in [6.45, 7) is 20.9. The molecule has 0 saturated heterocycles. The summed E-state index contributed by atoms with van der Waals surface area (Å²) >= 11 is 0. The number of hydrogen-bond acceptors (Lipinski definition) is 5. The van der Waals surface area contributed by atoms with Crippen molar-refractivity contribution in [2.45, 2.75) is 40.2 Å². The van der Waals surface area contributed by atoms with Crippen molar-refractivity contribution in [3.05, 3.63) is 49.2 Å². The van der Waals surface area contributed by atoms with Crippen molar-refractivity contribution < 1.29 is 22.9 Å². The summed E-state index contributed by atoms with van der Waals surface area (Å²) in [7, 11) is -3.33. The summed E-state index contributed by atoms with van der Waals surface area (Å²) in [5, 5.41) is 0. The average molecular weight is 324 g/mol. The smallest absolute Gasteiger partial charge is 0.488 e. The molecule has 5 nitrogen and oxygen atoms in total. The molecule has 0 aromatic rings. The molecule has 6 heteroatoms. The second-order valence-corrected chi connectivity index (χ2v) is 7.61. The molecule has 0 aliphatic rings. The molecule has 122 valence electrons. The Hall–Kier alpha value is -2.08. The van der Waals surface area contributed by atoms with Crippen LogP contribution in [0.3, 0.4) is 0 Å². The van der Waals surface area contributed by atoms with Gasteiger partial charge in [0, 0.05) is 6.42 Å². The van der Waals surface area contributed by atoms with Gasteiger partial charge in [-0.3, -0.25) is 9.59 Å². The molecule has 0 atom stereocenters. The van der Waals surface area contributed by atoms with Gasteiger partial charge in [-0.2, -0.15) is 0 Å². The van der Waals surface area contributed by atoms with E-state index in [1.807, 2.05) is 0 Å².